The summed E-state index contributed by atoms with van der Waals surface area (Å²) in [5, 5.41) is 3.80. The molecule has 0 spiro atoms. The second-order valence-electron chi connectivity index (χ2n) is 8.50. The van der Waals surface area contributed by atoms with Crippen molar-refractivity contribution in [2.24, 2.45) is 0 Å². The number of para-hydroxylation sites is 1. The Morgan fingerprint density at radius 1 is 0.971 bits per heavy atom. The third-order valence-corrected chi connectivity index (χ3v) is 9.33. The first-order chi connectivity index (χ1) is 16.4. The number of hydrogen-bond donors (Lipinski definition) is 1. The highest BCUT2D eigenvalue weighted by atomic mass is 32.2. The predicted molar refractivity (Wildman–Crippen MR) is 137 cm³/mol. The summed E-state index contributed by atoms with van der Waals surface area (Å²) >= 11 is 1.63. The zero-order chi connectivity index (χ0) is 23.7. The molecule has 0 aliphatic heterocycles. The van der Waals surface area contributed by atoms with E-state index in [9.17, 15) is 13.2 Å². The average molecular weight is 492 g/mol. The van der Waals surface area contributed by atoms with E-state index in [4.69, 9.17) is 0 Å². The molecule has 8 heteroatoms. The molecule has 1 fully saturated rings. The van der Waals surface area contributed by atoms with Gasteiger partial charge >= 0.3 is 0 Å². The van der Waals surface area contributed by atoms with Gasteiger partial charge in [-0.1, -0.05) is 25.0 Å². The number of carbonyl (C=O) groups excluding carboxylic acids is 1. The number of amides is 1. The Bertz CT molecular complexity index is 1390. The average Bonchev–Trinajstić information content (AvgIpc) is 3.54. The van der Waals surface area contributed by atoms with Gasteiger partial charge in [0.05, 0.1) is 15.1 Å². The summed E-state index contributed by atoms with van der Waals surface area (Å²) in [5.74, 6) is -0.291. The van der Waals surface area contributed by atoms with Gasteiger partial charge in [0.1, 0.15) is 5.01 Å². The molecule has 6 nitrogen and oxygen atoms in total. The van der Waals surface area contributed by atoms with Crippen molar-refractivity contribution in [3.63, 3.8) is 0 Å². The first-order valence-electron chi connectivity index (χ1n) is 11.3. The van der Waals surface area contributed by atoms with Crippen LogP contribution in [0.2, 0.25) is 0 Å². The Balaban J connectivity index is 1.27. The van der Waals surface area contributed by atoms with Crippen LogP contribution < -0.4 is 5.32 Å². The second-order valence-corrected chi connectivity index (χ2v) is 11.5. The number of aromatic nitrogens is 1. The number of rotatable bonds is 6. The molecule has 0 bridgehead atoms. The molecule has 1 aliphatic carbocycles. The first-order valence-corrected chi connectivity index (χ1v) is 13.5. The number of nitrogens with zero attached hydrogens (tertiary/aromatic N) is 2. The normalized spacial score (nSPS) is 14.6. The fraction of sp³-hybridized carbons (Fsp3) is 0.231. The third kappa shape index (κ3) is 4.49. The number of anilines is 1. The highest BCUT2D eigenvalue weighted by Gasteiger charge is 2.30. The lowest BCUT2D eigenvalue weighted by molar-refractivity contribution is 0.102. The van der Waals surface area contributed by atoms with Crippen LogP contribution in [-0.4, -0.2) is 36.7 Å². The van der Waals surface area contributed by atoms with Crippen molar-refractivity contribution >= 4 is 43.2 Å². The molecule has 1 aliphatic rings. The molecule has 5 rings (SSSR count). The molecule has 0 saturated heterocycles. The van der Waals surface area contributed by atoms with Gasteiger partial charge in [0.15, 0.2) is 0 Å². The summed E-state index contributed by atoms with van der Waals surface area (Å²) in [7, 11) is -1.93. The highest BCUT2D eigenvalue weighted by molar-refractivity contribution is 7.89. The first kappa shape index (κ1) is 22.7. The third-order valence-electron chi connectivity index (χ3n) is 6.32. The standard InChI is InChI=1S/C26H25N3O3S2/c1-29(21-6-2-3-7-21)34(31,32)22-16-12-18(13-17-22)25(30)27-20-14-10-19(11-15-20)26-28-23-8-4-5-9-24(23)33-26/h4-5,8-17,21H,2-3,6-7H2,1H3,(H,27,30). The number of sulfonamides is 1. The van der Waals surface area contributed by atoms with E-state index in [1.807, 2.05) is 48.5 Å². The van der Waals surface area contributed by atoms with Crippen LogP contribution in [0.25, 0.3) is 20.8 Å². The van der Waals surface area contributed by atoms with Crippen LogP contribution in [0.4, 0.5) is 5.69 Å². The van der Waals surface area contributed by atoms with Crippen LogP contribution in [0.3, 0.4) is 0 Å². The van der Waals surface area contributed by atoms with Crippen LogP contribution in [0.5, 0.6) is 0 Å². The molecule has 0 atom stereocenters. The van der Waals surface area contributed by atoms with Crippen LogP contribution in [0.1, 0.15) is 36.0 Å². The molecule has 34 heavy (non-hydrogen) atoms. The highest BCUT2D eigenvalue weighted by Crippen LogP contribution is 2.31. The molecule has 0 unspecified atom stereocenters. The minimum Gasteiger partial charge on any atom is -0.322 e. The van der Waals surface area contributed by atoms with E-state index in [1.165, 1.54) is 16.4 Å². The maximum atomic E-state index is 12.9. The number of carbonyl (C=O) groups is 1. The molecule has 1 heterocycles. The number of thiazole rings is 1. The lowest BCUT2D eigenvalue weighted by Gasteiger charge is -2.23. The Hall–Kier alpha value is -3.07. The fourth-order valence-electron chi connectivity index (χ4n) is 4.30. The van der Waals surface area contributed by atoms with Crippen molar-refractivity contribution in [3.8, 4) is 10.6 Å². The molecule has 174 valence electrons. The van der Waals surface area contributed by atoms with E-state index in [-0.39, 0.29) is 16.8 Å². The summed E-state index contributed by atoms with van der Waals surface area (Å²) in [4.78, 5) is 17.6. The summed E-state index contributed by atoms with van der Waals surface area (Å²) < 4.78 is 28.4. The van der Waals surface area contributed by atoms with Gasteiger partial charge in [-0.25, -0.2) is 13.4 Å². The van der Waals surface area contributed by atoms with E-state index >= 15 is 0 Å². The Labute approximate surface area is 203 Å². The molecule has 0 radical (unpaired) electrons. The van der Waals surface area contributed by atoms with Crippen molar-refractivity contribution in [2.45, 2.75) is 36.6 Å². The molecule has 1 aromatic heterocycles. The quantitative estimate of drug-likeness (QED) is 0.371. The number of fused-ring (bicyclic) bond motifs is 1. The van der Waals surface area contributed by atoms with Gasteiger partial charge in [0.2, 0.25) is 10.0 Å². The minimum atomic E-state index is -3.57. The van der Waals surface area contributed by atoms with Crippen molar-refractivity contribution < 1.29 is 13.2 Å². The largest absolute Gasteiger partial charge is 0.322 e. The van der Waals surface area contributed by atoms with Crippen molar-refractivity contribution in [2.75, 3.05) is 12.4 Å². The van der Waals surface area contributed by atoms with E-state index < -0.39 is 10.0 Å². The van der Waals surface area contributed by atoms with Crippen LogP contribution in [0, 0.1) is 0 Å². The lowest BCUT2D eigenvalue weighted by Crippen LogP contribution is -2.35. The fourth-order valence-corrected chi connectivity index (χ4v) is 6.69. The lowest BCUT2D eigenvalue weighted by atomic mass is 10.2. The van der Waals surface area contributed by atoms with Gasteiger partial charge in [-0.3, -0.25) is 4.79 Å². The molecular formula is C26H25N3O3S2. The zero-order valence-corrected chi connectivity index (χ0v) is 20.4. The molecule has 1 amide bonds. The number of hydrogen-bond acceptors (Lipinski definition) is 5. The van der Waals surface area contributed by atoms with Gasteiger partial charge in [-0.15, -0.1) is 11.3 Å². The van der Waals surface area contributed by atoms with Crippen molar-refractivity contribution in [3.05, 3.63) is 78.4 Å². The van der Waals surface area contributed by atoms with Crippen molar-refractivity contribution in [1.82, 2.24) is 9.29 Å². The van der Waals surface area contributed by atoms with E-state index in [0.717, 1.165) is 46.5 Å². The molecule has 1 N–H and O–H groups in total. The van der Waals surface area contributed by atoms with Crippen LogP contribution >= 0.6 is 11.3 Å². The van der Waals surface area contributed by atoms with Crippen molar-refractivity contribution in [1.29, 1.82) is 0 Å². The van der Waals surface area contributed by atoms with Gasteiger partial charge in [-0.05, 0) is 73.5 Å². The number of benzene rings is 3. The van der Waals surface area contributed by atoms with Gasteiger partial charge in [0.25, 0.3) is 5.91 Å². The maximum Gasteiger partial charge on any atom is 0.255 e. The van der Waals surface area contributed by atoms with E-state index in [2.05, 4.69) is 10.3 Å². The molecule has 3 aromatic carbocycles. The van der Waals surface area contributed by atoms with Gasteiger partial charge < -0.3 is 5.32 Å². The summed E-state index contributed by atoms with van der Waals surface area (Å²) in [6.07, 6.45) is 3.92. The van der Waals surface area contributed by atoms with Crippen LogP contribution in [-0.2, 0) is 10.0 Å². The molecule has 1 saturated carbocycles. The smallest absolute Gasteiger partial charge is 0.255 e. The SMILES string of the molecule is CN(C1CCCC1)S(=O)(=O)c1ccc(C(=O)Nc2ccc(-c3nc4ccccc4s3)cc2)cc1. The summed E-state index contributed by atoms with van der Waals surface area (Å²) in [5.41, 5.74) is 3.02. The van der Waals surface area contributed by atoms with E-state index in [1.54, 1.807) is 30.5 Å². The Morgan fingerprint density at radius 2 is 1.65 bits per heavy atom. The minimum absolute atomic E-state index is 0.0544. The zero-order valence-electron chi connectivity index (χ0n) is 18.8. The summed E-state index contributed by atoms with van der Waals surface area (Å²) in [6.45, 7) is 0. The Morgan fingerprint density at radius 3 is 2.32 bits per heavy atom. The summed E-state index contributed by atoms with van der Waals surface area (Å²) in [6, 6.07) is 21.7. The molecule has 4 aromatic rings. The second kappa shape index (κ2) is 9.29. The predicted octanol–water partition coefficient (Wildman–Crippen LogP) is 5.78. The number of nitrogens with one attached hydrogen (secondary N) is 1. The van der Waals surface area contributed by atoms with Crippen LogP contribution in [0.15, 0.2) is 77.7 Å². The topological polar surface area (TPSA) is 79.4 Å². The monoisotopic (exact) mass is 491 g/mol. The van der Waals surface area contributed by atoms with E-state index in [0.29, 0.717) is 11.3 Å². The maximum absolute atomic E-state index is 12.9. The molecular weight excluding hydrogens is 466 g/mol. The van der Waals surface area contributed by atoms with Gasteiger partial charge in [-0.2, -0.15) is 4.31 Å². The van der Waals surface area contributed by atoms with Gasteiger partial charge in [0, 0.05) is 29.9 Å². The Kier molecular flexibility index (Phi) is 6.20.